The number of rotatable bonds is 8. The van der Waals surface area contributed by atoms with Gasteiger partial charge in [0.25, 0.3) is 0 Å². The van der Waals surface area contributed by atoms with Gasteiger partial charge in [0, 0.05) is 44.9 Å². The molecule has 0 saturated heterocycles. The number of nitrogens with zero attached hydrogens (tertiary/aromatic N) is 1. The standard InChI is InChI=1S/C18H25N3O4S/c1-4-24-12-14-13-8-5-6-9-15(13)25-16(14)17(22)20-21(2)18(26)19-10-7-11-23-3/h5-6,8-9H,4,7,10-12H2,1-3H3,(H,19,26)(H,20,22). The van der Waals surface area contributed by atoms with Gasteiger partial charge in [-0.25, -0.2) is 0 Å². The van der Waals surface area contributed by atoms with E-state index in [0.717, 1.165) is 17.4 Å². The van der Waals surface area contributed by atoms with Crippen LogP contribution < -0.4 is 10.7 Å². The monoisotopic (exact) mass is 379 g/mol. The Morgan fingerprint density at radius 3 is 2.85 bits per heavy atom. The van der Waals surface area contributed by atoms with Gasteiger partial charge in [0.2, 0.25) is 0 Å². The second kappa shape index (κ2) is 10.1. The quantitative estimate of drug-likeness (QED) is 0.414. The zero-order chi connectivity index (χ0) is 18.9. The fourth-order valence-corrected chi connectivity index (χ4v) is 2.56. The van der Waals surface area contributed by atoms with E-state index < -0.39 is 0 Å². The first-order valence-corrected chi connectivity index (χ1v) is 8.89. The second-order valence-electron chi connectivity index (χ2n) is 5.62. The maximum Gasteiger partial charge on any atom is 0.305 e. The van der Waals surface area contributed by atoms with Gasteiger partial charge in [-0.15, -0.1) is 0 Å². The molecule has 0 fully saturated rings. The topological polar surface area (TPSA) is 76.0 Å². The summed E-state index contributed by atoms with van der Waals surface area (Å²) < 4.78 is 16.2. The summed E-state index contributed by atoms with van der Waals surface area (Å²) in [6.45, 7) is 4.07. The van der Waals surface area contributed by atoms with Crippen molar-refractivity contribution in [3.8, 4) is 0 Å². The molecule has 2 aromatic rings. The Hall–Kier alpha value is -2.16. The van der Waals surface area contributed by atoms with Gasteiger partial charge in [-0.05, 0) is 31.6 Å². The van der Waals surface area contributed by atoms with Crippen molar-refractivity contribution < 1.29 is 18.7 Å². The van der Waals surface area contributed by atoms with Gasteiger partial charge < -0.3 is 19.2 Å². The van der Waals surface area contributed by atoms with Crippen molar-refractivity contribution in [1.29, 1.82) is 0 Å². The van der Waals surface area contributed by atoms with E-state index >= 15 is 0 Å². The Morgan fingerprint density at radius 1 is 1.35 bits per heavy atom. The molecule has 1 aromatic heterocycles. The van der Waals surface area contributed by atoms with E-state index in [-0.39, 0.29) is 11.7 Å². The highest BCUT2D eigenvalue weighted by molar-refractivity contribution is 7.80. The lowest BCUT2D eigenvalue weighted by atomic mass is 10.1. The number of thiocarbonyl (C=S) groups is 1. The van der Waals surface area contributed by atoms with Crippen LogP contribution in [0.5, 0.6) is 0 Å². The van der Waals surface area contributed by atoms with Gasteiger partial charge in [-0.3, -0.25) is 15.2 Å². The minimum Gasteiger partial charge on any atom is -0.450 e. The second-order valence-corrected chi connectivity index (χ2v) is 6.01. The van der Waals surface area contributed by atoms with Gasteiger partial charge >= 0.3 is 5.91 Å². The van der Waals surface area contributed by atoms with Gasteiger partial charge in [-0.1, -0.05) is 18.2 Å². The molecule has 2 rings (SSSR count). The highest BCUT2D eigenvalue weighted by Gasteiger charge is 2.22. The van der Waals surface area contributed by atoms with Gasteiger partial charge in [-0.2, -0.15) is 0 Å². The number of carbonyl (C=O) groups is 1. The van der Waals surface area contributed by atoms with Crippen LogP contribution in [0.2, 0.25) is 0 Å². The highest BCUT2D eigenvalue weighted by atomic mass is 32.1. The van der Waals surface area contributed by atoms with Crippen molar-refractivity contribution in [2.75, 3.05) is 33.9 Å². The average molecular weight is 379 g/mol. The van der Waals surface area contributed by atoms with Crippen LogP contribution in [0.3, 0.4) is 0 Å². The third-order valence-corrected chi connectivity index (χ3v) is 4.15. The zero-order valence-electron chi connectivity index (χ0n) is 15.3. The highest BCUT2D eigenvalue weighted by Crippen LogP contribution is 2.26. The smallest absolute Gasteiger partial charge is 0.305 e. The molecule has 0 aliphatic rings. The number of amides is 1. The van der Waals surface area contributed by atoms with Crippen molar-refractivity contribution in [2.45, 2.75) is 20.0 Å². The summed E-state index contributed by atoms with van der Waals surface area (Å²) in [5, 5.41) is 5.80. The molecule has 0 radical (unpaired) electrons. The molecule has 2 N–H and O–H groups in total. The number of para-hydroxylation sites is 1. The number of benzene rings is 1. The SMILES string of the molecule is CCOCc1c(C(=O)NN(C)C(=S)NCCCOC)oc2ccccc12. The lowest BCUT2D eigenvalue weighted by Crippen LogP contribution is -2.48. The molecular formula is C18H25N3O4S. The third kappa shape index (κ3) is 5.17. The summed E-state index contributed by atoms with van der Waals surface area (Å²) in [4.78, 5) is 12.7. The van der Waals surface area contributed by atoms with Crippen LogP contribution in [0, 0.1) is 0 Å². The fraction of sp³-hybridized carbons (Fsp3) is 0.444. The largest absolute Gasteiger partial charge is 0.450 e. The van der Waals surface area contributed by atoms with E-state index in [9.17, 15) is 4.79 Å². The molecule has 0 unspecified atom stereocenters. The molecule has 0 bridgehead atoms. The summed E-state index contributed by atoms with van der Waals surface area (Å²) in [6.07, 6.45) is 0.820. The molecule has 7 nitrogen and oxygen atoms in total. The van der Waals surface area contributed by atoms with Crippen LogP contribution in [0.15, 0.2) is 28.7 Å². The molecule has 8 heteroatoms. The van der Waals surface area contributed by atoms with Crippen molar-refractivity contribution in [1.82, 2.24) is 15.8 Å². The number of hydrogen-bond acceptors (Lipinski definition) is 5. The Labute approximate surface area is 158 Å². The summed E-state index contributed by atoms with van der Waals surface area (Å²) in [6, 6.07) is 7.51. The Bertz CT molecular complexity index is 747. The Morgan fingerprint density at radius 2 is 2.12 bits per heavy atom. The number of nitrogens with one attached hydrogen (secondary N) is 2. The molecule has 1 aromatic carbocycles. The number of fused-ring (bicyclic) bond motifs is 1. The Balaban J connectivity index is 2.07. The lowest BCUT2D eigenvalue weighted by molar-refractivity contribution is 0.0847. The summed E-state index contributed by atoms with van der Waals surface area (Å²) in [5.41, 5.74) is 4.10. The van der Waals surface area contributed by atoms with E-state index in [2.05, 4.69) is 10.7 Å². The van der Waals surface area contributed by atoms with Crippen LogP contribution in [0.25, 0.3) is 11.0 Å². The van der Waals surface area contributed by atoms with E-state index in [1.54, 1.807) is 14.2 Å². The van der Waals surface area contributed by atoms with Crippen LogP contribution >= 0.6 is 12.2 Å². The molecule has 142 valence electrons. The molecule has 1 amide bonds. The summed E-state index contributed by atoms with van der Waals surface area (Å²) in [5.74, 6) is -0.145. The number of ether oxygens (including phenoxy) is 2. The molecule has 1 heterocycles. The predicted molar refractivity (Wildman–Crippen MR) is 104 cm³/mol. The molecule has 26 heavy (non-hydrogen) atoms. The minimum absolute atomic E-state index is 0.230. The first-order chi connectivity index (χ1) is 12.6. The minimum atomic E-state index is -0.376. The zero-order valence-corrected chi connectivity index (χ0v) is 16.1. The molecular weight excluding hydrogens is 354 g/mol. The number of methoxy groups -OCH3 is 1. The number of hydrazine groups is 1. The first-order valence-electron chi connectivity index (χ1n) is 8.48. The normalized spacial score (nSPS) is 10.7. The van der Waals surface area contributed by atoms with E-state index in [1.807, 2.05) is 31.2 Å². The summed E-state index contributed by atoms with van der Waals surface area (Å²) >= 11 is 5.27. The first kappa shape index (κ1) is 20.2. The molecule has 0 atom stereocenters. The van der Waals surface area contributed by atoms with Crippen molar-refractivity contribution >= 4 is 34.2 Å². The van der Waals surface area contributed by atoms with Crippen molar-refractivity contribution in [2.24, 2.45) is 0 Å². The number of furan rings is 1. The maximum atomic E-state index is 12.7. The molecule has 0 aliphatic heterocycles. The Kier molecular flexibility index (Phi) is 7.83. The maximum absolute atomic E-state index is 12.7. The van der Waals surface area contributed by atoms with Crippen LogP contribution in [0.4, 0.5) is 0 Å². The van der Waals surface area contributed by atoms with Crippen molar-refractivity contribution in [3.63, 3.8) is 0 Å². The fourth-order valence-electron chi connectivity index (χ4n) is 2.41. The molecule has 0 saturated carbocycles. The van der Waals surface area contributed by atoms with E-state index in [1.165, 1.54) is 5.01 Å². The molecule has 0 aliphatic carbocycles. The van der Waals surface area contributed by atoms with E-state index in [4.69, 9.17) is 26.1 Å². The third-order valence-electron chi connectivity index (χ3n) is 3.73. The van der Waals surface area contributed by atoms with Gasteiger partial charge in [0.05, 0.1) is 6.61 Å². The van der Waals surface area contributed by atoms with Gasteiger partial charge in [0.15, 0.2) is 10.9 Å². The summed E-state index contributed by atoms with van der Waals surface area (Å²) in [7, 11) is 3.33. The van der Waals surface area contributed by atoms with Gasteiger partial charge in [0.1, 0.15) is 5.58 Å². The molecule has 0 spiro atoms. The lowest BCUT2D eigenvalue weighted by Gasteiger charge is -2.21. The van der Waals surface area contributed by atoms with Crippen LogP contribution in [-0.4, -0.2) is 49.9 Å². The average Bonchev–Trinajstić information content (AvgIpc) is 3.02. The number of hydrogen-bond donors (Lipinski definition) is 2. The van der Waals surface area contributed by atoms with Crippen molar-refractivity contribution in [3.05, 3.63) is 35.6 Å². The van der Waals surface area contributed by atoms with Crippen LogP contribution in [-0.2, 0) is 16.1 Å². The van der Waals surface area contributed by atoms with Crippen LogP contribution in [0.1, 0.15) is 29.5 Å². The predicted octanol–water partition coefficient (Wildman–Crippen LogP) is 2.46. The van der Waals surface area contributed by atoms with E-state index in [0.29, 0.717) is 37.1 Å². The number of carbonyl (C=O) groups excluding carboxylic acids is 1.